The summed E-state index contributed by atoms with van der Waals surface area (Å²) in [7, 11) is 0. The predicted molar refractivity (Wildman–Crippen MR) is 57.6 cm³/mol. The molecule has 0 saturated heterocycles. The Balaban J connectivity index is 2.96. The van der Waals surface area contributed by atoms with Crippen molar-refractivity contribution in [2.24, 2.45) is 0 Å². The van der Waals surface area contributed by atoms with E-state index in [1.807, 2.05) is 18.2 Å². The SMILES string of the molecule is CC(=O)Cc1cc(CCl)ccc1S. The van der Waals surface area contributed by atoms with Gasteiger partial charge < -0.3 is 0 Å². The first-order chi connectivity index (χ1) is 6.13. The molecule has 0 aliphatic carbocycles. The molecule has 1 rings (SSSR count). The van der Waals surface area contributed by atoms with Gasteiger partial charge in [-0.15, -0.1) is 24.2 Å². The molecule has 0 spiro atoms. The fourth-order valence-corrected chi connectivity index (χ4v) is 1.52. The zero-order valence-corrected chi connectivity index (χ0v) is 9.03. The van der Waals surface area contributed by atoms with Crippen molar-refractivity contribution in [3.8, 4) is 0 Å². The number of alkyl halides is 1. The molecule has 0 aliphatic heterocycles. The normalized spacial score (nSPS) is 10.1. The minimum absolute atomic E-state index is 0.141. The molecule has 1 aromatic carbocycles. The van der Waals surface area contributed by atoms with Crippen LogP contribution in [0.1, 0.15) is 18.1 Å². The highest BCUT2D eigenvalue weighted by atomic mass is 35.5. The van der Waals surface area contributed by atoms with Gasteiger partial charge in [0.25, 0.3) is 0 Å². The van der Waals surface area contributed by atoms with Gasteiger partial charge >= 0.3 is 0 Å². The lowest BCUT2D eigenvalue weighted by molar-refractivity contribution is -0.116. The number of halogens is 1. The molecule has 0 aliphatic rings. The topological polar surface area (TPSA) is 17.1 Å². The molecule has 0 heterocycles. The van der Waals surface area contributed by atoms with Gasteiger partial charge in [0.2, 0.25) is 0 Å². The van der Waals surface area contributed by atoms with Gasteiger partial charge in [0, 0.05) is 17.2 Å². The van der Waals surface area contributed by atoms with Gasteiger partial charge in [0.15, 0.2) is 0 Å². The minimum atomic E-state index is 0.141. The van der Waals surface area contributed by atoms with E-state index >= 15 is 0 Å². The van der Waals surface area contributed by atoms with Crippen LogP contribution in [0.5, 0.6) is 0 Å². The second-order valence-corrected chi connectivity index (χ2v) is 3.72. The van der Waals surface area contributed by atoms with Gasteiger partial charge in [0.05, 0.1) is 0 Å². The Morgan fingerprint density at radius 2 is 2.23 bits per heavy atom. The molecular weight excluding hydrogens is 204 g/mol. The number of carbonyl (C=O) groups is 1. The Morgan fingerprint density at radius 1 is 1.54 bits per heavy atom. The van der Waals surface area contributed by atoms with Gasteiger partial charge in [-0.2, -0.15) is 0 Å². The highest BCUT2D eigenvalue weighted by Gasteiger charge is 2.03. The summed E-state index contributed by atoms with van der Waals surface area (Å²) >= 11 is 9.94. The summed E-state index contributed by atoms with van der Waals surface area (Å²) in [6.45, 7) is 1.57. The molecule has 1 aromatic rings. The van der Waals surface area contributed by atoms with Crippen molar-refractivity contribution in [3.63, 3.8) is 0 Å². The fourth-order valence-electron chi connectivity index (χ4n) is 1.13. The Kier molecular flexibility index (Phi) is 3.82. The largest absolute Gasteiger partial charge is 0.300 e. The molecule has 0 bridgehead atoms. The first kappa shape index (κ1) is 10.6. The van der Waals surface area contributed by atoms with Gasteiger partial charge in [-0.3, -0.25) is 4.79 Å². The average molecular weight is 215 g/mol. The number of hydrogen-bond donors (Lipinski definition) is 1. The lowest BCUT2D eigenvalue weighted by Gasteiger charge is -2.04. The molecule has 70 valence electrons. The van der Waals surface area contributed by atoms with Crippen molar-refractivity contribution in [1.29, 1.82) is 0 Å². The third-order valence-corrected chi connectivity index (χ3v) is 2.48. The molecule has 0 saturated carbocycles. The molecule has 0 fully saturated rings. The summed E-state index contributed by atoms with van der Waals surface area (Å²) < 4.78 is 0. The zero-order valence-electron chi connectivity index (χ0n) is 7.38. The third-order valence-electron chi connectivity index (χ3n) is 1.74. The lowest BCUT2D eigenvalue weighted by Crippen LogP contribution is -1.98. The van der Waals surface area contributed by atoms with Crippen LogP contribution in [0.4, 0.5) is 0 Å². The van der Waals surface area contributed by atoms with Crippen LogP contribution in [-0.4, -0.2) is 5.78 Å². The molecule has 0 radical (unpaired) electrons. The Bertz CT molecular complexity index is 323. The Morgan fingerprint density at radius 3 is 2.77 bits per heavy atom. The van der Waals surface area contributed by atoms with Crippen molar-refractivity contribution < 1.29 is 4.79 Å². The van der Waals surface area contributed by atoms with Crippen molar-refractivity contribution in [1.82, 2.24) is 0 Å². The van der Waals surface area contributed by atoms with E-state index in [-0.39, 0.29) is 5.78 Å². The van der Waals surface area contributed by atoms with Crippen molar-refractivity contribution >= 4 is 30.0 Å². The van der Waals surface area contributed by atoms with Crippen molar-refractivity contribution in [2.75, 3.05) is 0 Å². The molecule has 13 heavy (non-hydrogen) atoms. The van der Waals surface area contributed by atoms with Crippen LogP contribution in [0.2, 0.25) is 0 Å². The minimum Gasteiger partial charge on any atom is -0.300 e. The second kappa shape index (κ2) is 4.68. The van der Waals surface area contributed by atoms with E-state index < -0.39 is 0 Å². The highest BCUT2D eigenvalue weighted by Crippen LogP contribution is 2.17. The van der Waals surface area contributed by atoms with E-state index in [0.717, 1.165) is 16.0 Å². The maximum absolute atomic E-state index is 10.9. The Labute approximate surface area is 88.5 Å². The second-order valence-electron chi connectivity index (χ2n) is 2.98. The van der Waals surface area contributed by atoms with Gasteiger partial charge in [-0.25, -0.2) is 0 Å². The number of hydrogen-bond acceptors (Lipinski definition) is 2. The first-order valence-electron chi connectivity index (χ1n) is 3.99. The molecule has 0 amide bonds. The number of carbonyl (C=O) groups excluding carboxylic acids is 1. The summed E-state index contributed by atoms with van der Waals surface area (Å²) in [5.74, 6) is 0.612. The van der Waals surface area contributed by atoms with Crippen LogP contribution in [0, 0.1) is 0 Å². The van der Waals surface area contributed by atoms with E-state index in [1.54, 1.807) is 6.92 Å². The first-order valence-corrected chi connectivity index (χ1v) is 4.98. The van der Waals surface area contributed by atoms with Crippen LogP contribution >= 0.6 is 24.2 Å². The summed E-state index contributed by atoms with van der Waals surface area (Å²) in [5.41, 5.74) is 1.98. The van der Waals surface area contributed by atoms with E-state index in [4.69, 9.17) is 11.6 Å². The van der Waals surface area contributed by atoms with Crippen LogP contribution in [0.3, 0.4) is 0 Å². The van der Waals surface area contributed by atoms with E-state index in [2.05, 4.69) is 12.6 Å². The summed E-state index contributed by atoms with van der Waals surface area (Å²) in [6.07, 6.45) is 0.434. The predicted octanol–water partition coefficient (Wildman–Crippen LogP) is 2.85. The average Bonchev–Trinajstić information content (AvgIpc) is 2.08. The Hall–Kier alpha value is -0.470. The summed E-state index contributed by atoms with van der Waals surface area (Å²) in [6, 6.07) is 5.72. The van der Waals surface area contributed by atoms with E-state index in [1.165, 1.54) is 0 Å². The van der Waals surface area contributed by atoms with E-state index in [9.17, 15) is 4.79 Å². The van der Waals surface area contributed by atoms with E-state index in [0.29, 0.717) is 12.3 Å². The fraction of sp³-hybridized carbons (Fsp3) is 0.300. The maximum atomic E-state index is 10.9. The zero-order chi connectivity index (χ0) is 9.84. The number of ketones is 1. The van der Waals surface area contributed by atoms with Crippen LogP contribution < -0.4 is 0 Å². The number of benzene rings is 1. The molecular formula is C10H11ClOS. The monoisotopic (exact) mass is 214 g/mol. The van der Waals surface area contributed by atoms with Crippen molar-refractivity contribution in [2.45, 2.75) is 24.1 Å². The molecule has 0 atom stereocenters. The van der Waals surface area contributed by atoms with Crippen LogP contribution in [-0.2, 0) is 17.1 Å². The third kappa shape index (κ3) is 3.05. The number of rotatable bonds is 3. The lowest BCUT2D eigenvalue weighted by atomic mass is 10.1. The van der Waals surface area contributed by atoms with Gasteiger partial charge in [0.1, 0.15) is 5.78 Å². The number of thiol groups is 1. The molecule has 0 unspecified atom stereocenters. The molecule has 0 N–H and O–H groups in total. The van der Waals surface area contributed by atoms with Crippen LogP contribution in [0.15, 0.2) is 23.1 Å². The maximum Gasteiger partial charge on any atom is 0.134 e. The van der Waals surface area contributed by atoms with Crippen LogP contribution in [0.25, 0.3) is 0 Å². The summed E-state index contributed by atoms with van der Waals surface area (Å²) in [5, 5.41) is 0. The molecule has 0 aromatic heterocycles. The quantitative estimate of drug-likeness (QED) is 0.605. The van der Waals surface area contributed by atoms with Gasteiger partial charge in [-0.1, -0.05) is 12.1 Å². The highest BCUT2D eigenvalue weighted by molar-refractivity contribution is 7.80. The summed E-state index contributed by atoms with van der Waals surface area (Å²) in [4.78, 5) is 11.7. The van der Waals surface area contributed by atoms with Gasteiger partial charge in [-0.05, 0) is 24.1 Å². The van der Waals surface area contributed by atoms with Crippen molar-refractivity contribution in [3.05, 3.63) is 29.3 Å². The number of Topliss-reactive ketones (excluding diaryl/α,β-unsaturated/α-hetero) is 1. The standard InChI is InChI=1S/C10H11ClOS/c1-7(12)4-9-5-8(6-11)2-3-10(9)13/h2-3,5,13H,4,6H2,1H3. The molecule has 1 nitrogen and oxygen atoms in total. The smallest absolute Gasteiger partial charge is 0.134 e. The molecule has 3 heteroatoms.